The average molecular weight is 229 g/mol. The second kappa shape index (κ2) is 4.49. The van der Waals surface area contributed by atoms with Crippen LogP contribution in [0.2, 0.25) is 0 Å². The summed E-state index contributed by atoms with van der Waals surface area (Å²) in [7, 11) is 0. The molecule has 0 aromatic carbocycles. The fourth-order valence-corrected chi connectivity index (χ4v) is 2.87. The highest BCUT2D eigenvalue weighted by atomic mass is 15.2. The van der Waals surface area contributed by atoms with Gasteiger partial charge in [0, 0.05) is 24.9 Å². The van der Waals surface area contributed by atoms with Gasteiger partial charge in [-0.2, -0.15) is 0 Å². The van der Waals surface area contributed by atoms with Crippen molar-refractivity contribution in [3.63, 3.8) is 0 Å². The molecule has 1 fully saturated rings. The summed E-state index contributed by atoms with van der Waals surface area (Å²) in [6.45, 7) is 4.68. The summed E-state index contributed by atoms with van der Waals surface area (Å²) in [5.74, 6) is 0. The highest BCUT2D eigenvalue weighted by Gasteiger charge is 2.23. The van der Waals surface area contributed by atoms with Crippen molar-refractivity contribution >= 4 is 5.65 Å². The Bertz CT molecular complexity index is 470. The first-order valence-corrected chi connectivity index (χ1v) is 6.53. The lowest BCUT2D eigenvalue weighted by Crippen LogP contribution is -2.30. The van der Waals surface area contributed by atoms with Gasteiger partial charge in [-0.15, -0.1) is 0 Å². The van der Waals surface area contributed by atoms with E-state index in [1.54, 1.807) is 0 Å². The molecule has 1 aliphatic rings. The Morgan fingerprint density at radius 2 is 2.35 bits per heavy atom. The lowest BCUT2D eigenvalue weighted by atomic mass is 10.1. The highest BCUT2D eigenvalue weighted by molar-refractivity contribution is 5.39. The molecule has 0 amide bonds. The predicted molar refractivity (Wildman–Crippen MR) is 69.2 cm³/mol. The molecule has 1 atom stereocenters. The van der Waals surface area contributed by atoms with E-state index in [9.17, 15) is 0 Å². The summed E-state index contributed by atoms with van der Waals surface area (Å²) < 4.78 is 2.11. The Hall–Kier alpha value is -1.35. The maximum Gasteiger partial charge on any atom is 0.136 e. The van der Waals surface area contributed by atoms with Gasteiger partial charge in [-0.1, -0.05) is 13.0 Å². The number of rotatable bonds is 3. The predicted octanol–water partition coefficient (Wildman–Crippen LogP) is 2.36. The molecule has 3 heteroatoms. The zero-order valence-corrected chi connectivity index (χ0v) is 10.3. The Labute approximate surface area is 102 Å². The molecule has 2 aromatic rings. The Morgan fingerprint density at radius 3 is 3.18 bits per heavy atom. The van der Waals surface area contributed by atoms with Crippen LogP contribution in [0.3, 0.4) is 0 Å². The minimum Gasteiger partial charge on any atom is -0.307 e. The van der Waals surface area contributed by atoms with Crippen LogP contribution in [0, 0.1) is 0 Å². The highest BCUT2D eigenvalue weighted by Crippen LogP contribution is 2.20. The molecule has 0 spiro atoms. The number of imidazole rings is 1. The first kappa shape index (κ1) is 10.8. The number of fused-ring (bicyclic) bond motifs is 1. The van der Waals surface area contributed by atoms with Crippen molar-refractivity contribution in [1.82, 2.24) is 14.3 Å². The molecular formula is C14H19N3. The van der Waals surface area contributed by atoms with Crippen LogP contribution < -0.4 is 0 Å². The van der Waals surface area contributed by atoms with Gasteiger partial charge in [0.25, 0.3) is 0 Å². The van der Waals surface area contributed by atoms with Crippen molar-refractivity contribution in [3.8, 4) is 0 Å². The van der Waals surface area contributed by atoms with Gasteiger partial charge in [0.15, 0.2) is 0 Å². The molecule has 1 aliphatic heterocycles. The quantitative estimate of drug-likeness (QED) is 0.805. The second-order valence-corrected chi connectivity index (χ2v) is 4.83. The third kappa shape index (κ3) is 2.07. The van der Waals surface area contributed by atoms with Crippen molar-refractivity contribution in [2.24, 2.45) is 0 Å². The number of hydrogen-bond donors (Lipinski definition) is 0. The van der Waals surface area contributed by atoms with Crippen LogP contribution in [0.4, 0.5) is 0 Å². The van der Waals surface area contributed by atoms with E-state index >= 15 is 0 Å². The van der Waals surface area contributed by atoms with Crippen LogP contribution in [0.25, 0.3) is 5.65 Å². The van der Waals surface area contributed by atoms with E-state index in [0.717, 1.165) is 18.6 Å². The molecule has 0 saturated carbocycles. The van der Waals surface area contributed by atoms with Crippen LogP contribution in [0.5, 0.6) is 0 Å². The molecule has 3 rings (SSSR count). The fraction of sp³-hybridized carbons (Fsp3) is 0.500. The number of pyridine rings is 1. The molecule has 3 heterocycles. The molecule has 0 N–H and O–H groups in total. The van der Waals surface area contributed by atoms with Crippen LogP contribution in [-0.4, -0.2) is 33.4 Å². The van der Waals surface area contributed by atoms with Crippen LogP contribution in [-0.2, 0) is 6.42 Å². The van der Waals surface area contributed by atoms with Crippen molar-refractivity contribution < 1.29 is 0 Å². The summed E-state index contributed by atoms with van der Waals surface area (Å²) in [5, 5.41) is 0. The van der Waals surface area contributed by atoms with E-state index in [1.165, 1.54) is 25.1 Å². The van der Waals surface area contributed by atoms with Gasteiger partial charge < -0.3 is 9.30 Å². The lowest BCUT2D eigenvalue weighted by molar-refractivity contribution is 0.265. The Balaban J connectivity index is 1.80. The summed E-state index contributed by atoms with van der Waals surface area (Å²) in [4.78, 5) is 7.25. The second-order valence-electron chi connectivity index (χ2n) is 4.83. The van der Waals surface area contributed by atoms with Crippen LogP contribution in [0.15, 0.2) is 30.6 Å². The third-order valence-corrected chi connectivity index (χ3v) is 3.76. The molecule has 2 aromatic heterocycles. The summed E-state index contributed by atoms with van der Waals surface area (Å²) in [5.41, 5.74) is 2.28. The molecule has 3 nitrogen and oxygen atoms in total. The van der Waals surface area contributed by atoms with Crippen molar-refractivity contribution in [2.45, 2.75) is 32.2 Å². The minimum atomic E-state index is 0.699. The Kier molecular flexibility index (Phi) is 2.85. The average Bonchev–Trinajstić information content (AvgIpc) is 2.94. The molecule has 90 valence electrons. The van der Waals surface area contributed by atoms with Gasteiger partial charge in [0.2, 0.25) is 0 Å². The monoisotopic (exact) mass is 229 g/mol. The zero-order valence-electron chi connectivity index (χ0n) is 10.3. The van der Waals surface area contributed by atoms with E-state index in [1.807, 2.05) is 12.1 Å². The van der Waals surface area contributed by atoms with E-state index < -0.39 is 0 Å². The van der Waals surface area contributed by atoms with Gasteiger partial charge in [-0.25, -0.2) is 4.98 Å². The molecule has 0 bridgehead atoms. The number of likely N-dealkylation sites (tertiary alicyclic amines) is 1. The molecule has 0 radical (unpaired) electrons. The van der Waals surface area contributed by atoms with Gasteiger partial charge >= 0.3 is 0 Å². The Morgan fingerprint density at radius 1 is 1.41 bits per heavy atom. The lowest BCUT2D eigenvalue weighted by Gasteiger charge is -2.21. The van der Waals surface area contributed by atoms with Gasteiger partial charge in [-0.3, -0.25) is 0 Å². The molecule has 17 heavy (non-hydrogen) atoms. The van der Waals surface area contributed by atoms with E-state index in [0.29, 0.717) is 6.04 Å². The molecule has 1 saturated heterocycles. The van der Waals surface area contributed by atoms with Gasteiger partial charge in [0.1, 0.15) is 5.65 Å². The van der Waals surface area contributed by atoms with Gasteiger partial charge in [-0.05, 0) is 38.1 Å². The number of aromatic nitrogens is 2. The van der Waals surface area contributed by atoms with Crippen molar-refractivity contribution in [1.29, 1.82) is 0 Å². The smallest absolute Gasteiger partial charge is 0.136 e. The summed E-state index contributed by atoms with van der Waals surface area (Å²) in [6, 6.07) is 6.85. The van der Waals surface area contributed by atoms with E-state index in [2.05, 4.69) is 39.7 Å². The van der Waals surface area contributed by atoms with Crippen LogP contribution in [0.1, 0.15) is 25.5 Å². The maximum atomic E-state index is 4.68. The largest absolute Gasteiger partial charge is 0.307 e. The third-order valence-electron chi connectivity index (χ3n) is 3.76. The topological polar surface area (TPSA) is 20.5 Å². The van der Waals surface area contributed by atoms with E-state index in [4.69, 9.17) is 0 Å². The van der Waals surface area contributed by atoms with E-state index in [-0.39, 0.29) is 0 Å². The first-order chi connectivity index (χ1) is 8.36. The maximum absolute atomic E-state index is 4.68. The molecule has 0 aliphatic carbocycles. The summed E-state index contributed by atoms with van der Waals surface area (Å²) >= 11 is 0. The van der Waals surface area contributed by atoms with Crippen molar-refractivity contribution in [3.05, 3.63) is 36.3 Å². The van der Waals surface area contributed by atoms with Gasteiger partial charge in [0.05, 0.1) is 5.69 Å². The fourth-order valence-electron chi connectivity index (χ4n) is 2.87. The zero-order chi connectivity index (χ0) is 11.7. The standard InChI is InChI=1S/C14H19N3/c1-2-16-9-5-6-13(16)10-12-11-17-8-4-3-7-14(17)15-12/h3-4,7-8,11,13H,2,5-6,9-10H2,1H3. The molecule has 1 unspecified atom stereocenters. The van der Waals surface area contributed by atoms with Crippen LogP contribution >= 0.6 is 0 Å². The normalized spacial score (nSPS) is 21.4. The van der Waals surface area contributed by atoms with Crippen molar-refractivity contribution in [2.75, 3.05) is 13.1 Å². The number of hydrogen-bond acceptors (Lipinski definition) is 2. The number of likely N-dealkylation sites (N-methyl/N-ethyl adjacent to an activating group) is 1. The molecular weight excluding hydrogens is 210 g/mol. The first-order valence-electron chi connectivity index (χ1n) is 6.53. The minimum absolute atomic E-state index is 0.699. The summed E-state index contributed by atoms with van der Waals surface area (Å²) in [6.07, 6.45) is 7.99. The number of nitrogens with zero attached hydrogens (tertiary/aromatic N) is 3. The SMILES string of the molecule is CCN1CCCC1Cc1cn2ccccc2n1.